The number of anilines is 1. The van der Waals surface area contributed by atoms with Crippen molar-refractivity contribution < 1.29 is 18.6 Å². The Balaban J connectivity index is 2.53. The summed E-state index contributed by atoms with van der Waals surface area (Å²) in [5.41, 5.74) is 5.78. The van der Waals surface area contributed by atoms with Gasteiger partial charge in [-0.1, -0.05) is 0 Å². The number of nitrogens with two attached hydrogens (primary N) is 1. The number of rotatable bonds is 5. The van der Waals surface area contributed by atoms with Gasteiger partial charge in [-0.3, -0.25) is 0 Å². The minimum absolute atomic E-state index is 0.00912. The normalized spacial score (nSPS) is 10.7. The predicted molar refractivity (Wildman–Crippen MR) is 67.8 cm³/mol. The predicted octanol–water partition coefficient (Wildman–Crippen LogP) is 1.38. The molecule has 102 valence electrons. The first-order valence-corrected chi connectivity index (χ1v) is 5.57. The quantitative estimate of drug-likeness (QED) is 0.824. The zero-order valence-electron chi connectivity index (χ0n) is 10.6. The van der Waals surface area contributed by atoms with Crippen LogP contribution in [0.5, 0.6) is 11.5 Å². The van der Waals surface area contributed by atoms with E-state index in [1.165, 1.54) is 20.5 Å². The van der Waals surface area contributed by atoms with Crippen molar-refractivity contribution in [1.82, 2.24) is 9.97 Å². The Morgan fingerprint density at radius 2 is 2.05 bits per heavy atom. The highest BCUT2D eigenvalue weighted by molar-refractivity contribution is 5.91. The van der Waals surface area contributed by atoms with Crippen LogP contribution in [-0.2, 0) is 4.74 Å². The second-order valence-corrected chi connectivity index (χ2v) is 3.72. The number of benzene rings is 1. The highest BCUT2D eigenvalue weighted by Crippen LogP contribution is 2.36. The Bertz CT molecular complexity index is 592. The van der Waals surface area contributed by atoms with Crippen molar-refractivity contribution in [3.63, 3.8) is 0 Å². The Kier molecular flexibility index (Phi) is 3.96. The van der Waals surface area contributed by atoms with Crippen LogP contribution in [0.25, 0.3) is 10.9 Å². The molecule has 0 spiro atoms. The van der Waals surface area contributed by atoms with E-state index in [1.807, 2.05) is 0 Å². The Labute approximate surface area is 109 Å². The van der Waals surface area contributed by atoms with Crippen LogP contribution in [0.2, 0.25) is 0 Å². The smallest absolute Gasteiger partial charge is 0.199 e. The summed E-state index contributed by atoms with van der Waals surface area (Å²) in [7, 11) is 2.95. The molecule has 0 unspecified atom stereocenters. The standard InChI is InChI=1S/C12H14FN3O3/c1-17-3-4-19-11-8(18-2)5-7-10(9(11)13)15-6-16-12(7)14/h5-6H,3-4H2,1-2H3,(H2,14,15,16). The van der Waals surface area contributed by atoms with Crippen molar-refractivity contribution >= 4 is 16.7 Å². The molecule has 1 aromatic heterocycles. The van der Waals surface area contributed by atoms with Crippen LogP contribution >= 0.6 is 0 Å². The van der Waals surface area contributed by atoms with Crippen molar-refractivity contribution in [2.75, 3.05) is 33.2 Å². The van der Waals surface area contributed by atoms with Gasteiger partial charge in [-0.05, 0) is 6.07 Å². The van der Waals surface area contributed by atoms with E-state index in [-0.39, 0.29) is 29.4 Å². The van der Waals surface area contributed by atoms with Crippen LogP contribution in [0.1, 0.15) is 0 Å². The number of halogens is 1. The third-order valence-electron chi connectivity index (χ3n) is 2.57. The summed E-state index contributed by atoms with van der Waals surface area (Å²) < 4.78 is 29.6. The fourth-order valence-corrected chi connectivity index (χ4v) is 1.65. The highest BCUT2D eigenvalue weighted by atomic mass is 19.1. The van der Waals surface area contributed by atoms with Crippen molar-refractivity contribution in [3.05, 3.63) is 18.2 Å². The molecule has 0 bridgehead atoms. The number of fused-ring (bicyclic) bond motifs is 1. The number of nitrogens with zero attached hydrogens (tertiary/aromatic N) is 2. The molecule has 0 aliphatic carbocycles. The van der Waals surface area contributed by atoms with Gasteiger partial charge in [-0.15, -0.1) is 0 Å². The molecule has 0 amide bonds. The number of hydrogen-bond donors (Lipinski definition) is 1. The van der Waals surface area contributed by atoms with E-state index in [4.69, 9.17) is 19.9 Å². The number of nitrogen functional groups attached to an aromatic ring is 1. The van der Waals surface area contributed by atoms with Crippen LogP contribution in [0.4, 0.5) is 10.2 Å². The number of methoxy groups -OCH3 is 2. The minimum atomic E-state index is -0.625. The monoisotopic (exact) mass is 267 g/mol. The van der Waals surface area contributed by atoms with Gasteiger partial charge >= 0.3 is 0 Å². The first-order chi connectivity index (χ1) is 9.19. The largest absolute Gasteiger partial charge is 0.493 e. The summed E-state index contributed by atoms with van der Waals surface area (Å²) >= 11 is 0. The summed E-state index contributed by atoms with van der Waals surface area (Å²) in [5, 5.41) is 0.385. The fourth-order valence-electron chi connectivity index (χ4n) is 1.65. The Morgan fingerprint density at radius 3 is 2.74 bits per heavy atom. The lowest BCUT2D eigenvalue weighted by Crippen LogP contribution is -2.07. The molecule has 19 heavy (non-hydrogen) atoms. The molecule has 1 heterocycles. The van der Waals surface area contributed by atoms with E-state index in [1.54, 1.807) is 6.07 Å². The summed E-state index contributed by atoms with van der Waals surface area (Å²) in [6.45, 7) is 0.544. The zero-order valence-corrected chi connectivity index (χ0v) is 10.6. The van der Waals surface area contributed by atoms with Crippen molar-refractivity contribution in [2.24, 2.45) is 0 Å². The third-order valence-corrected chi connectivity index (χ3v) is 2.57. The number of ether oxygens (including phenoxy) is 3. The molecule has 2 rings (SSSR count). The van der Waals surface area contributed by atoms with Crippen LogP contribution in [0.3, 0.4) is 0 Å². The zero-order chi connectivity index (χ0) is 13.8. The van der Waals surface area contributed by atoms with Gasteiger partial charge in [0.15, 0.2) is 17.3 Å². The van der Waals surface area contributed by atoms with E-state index in [2.05, 4.69) is 9.97 Å². The molecule has 0 radical (unpaired) electrons. The van der Waals surface area contributed by atoms with Crippen molar-refractivity contribution in [1.29, 1.82) is 0 Å². The molecule has 0 saturated carbocycles. The Hall–Kier alpha value is -2.15. The maximum Gasteiger partial charge on any atom is 0.199 e. The summed E-state index contributed by atoms with van der Waals surface area (Å²) in [6.07, 6.45) is 1.20. The van der Waals surface area contributed by atoms with Gasteiger partial charge in [0, 0.05) is 12.5 Å². The second kappa shape index (κ2) is 5.66. The maximum atomic E-state index is 14.3. The molecular weight excluding hydrogens is 253 g/mol. The van der Waals surface area contributed by atoms with E-state index in [0.717, 1.165) is 0 Å². The molecule has 7 heteroatoms. The fraction of sp³-hybridized carbons (Fsp3) is 0.333. The van der Waals surface area contributed by atoms with Crippen LogP contribution in [0, 0.1) is 5.82 Å². The van der Waals surface area contributed by atoms with Gasteiger partial charge < -0.3 is 19.9 Å². The third kappa shape index (κ3) is 2.50. The van der Waals surface area contributed by atoms with Gasteiger partial charge in [0.05, 0.1) is 13.7 Å². The minimum Gasteiger partial charge on any atom is -0.493 e. The molecule has 0 aliphatic heterocycles. The van der Waals surface area contributed by atoms with Gasteiger partial charge in [0.25, 0.3) is 0 Å². The number of hydrogen-bond acceptors (Lipinski definition) is 6. The molecule has 2 N–H and O–H groups in total. The van der Waals surface area contributed by atoms with Crippen LogP contribution < -0.4 is 15.2 Å². The van der Waals surface area contributed by atoms with Gasteiger partial charge in [0.1, 0.15) is 24.3 Å². The lowest BCUT2D eigenvalue weighted by molar-refractivity contribution is 0.141. The molecular formula is C12H14FN3O3. The van der Waals surface area contributed by atoms with Crippen molar-refractivity contribution in [2.45, 2.75) is 0 Å². The first kappa shape index (κ1) is 13.3. The highest BCUT2D eigenvalue weighted by Gasteiger charge is 2.18. The lowest BCUT2D eigenvalue weighted by Gasteiger charge is -2.13. The first-order valence-electron chi connectivity index (χ1n) is 5.57. The van der Waals surface area contributed by atoms with Crippen LogP contribution in [0.15, 0.2) is 12.4 Å². The average molecular weight is 267 g/mol. The Morgan fingerprint density at radius 1 is 1.26 bits per heavy atom. The molecule has 0 saturated heterocycles. The van der Waals surface area contributed by atoms with E-state index in [0.29, 0.717) is 12.0 Å². The number of aromatic nitrogens is 2. The van der Waals surface area contributed by atoms with E-state index in [9.17, 15) is 4.39 Å². The SMILES string of the molecule is COCCOc1c(OC)cc2c(N)ncnc2c1F. The van der Waals surface area contributed by atoms with E-state index >= 15 is 0 Å². The second-order valence-electron chi connectivity index (χ2n) is 3.72. The topological polar surface area (TPSA) is 79.5 Å². The molecule has 2 aromatic rings. The van der Waals surface area contributed by atoms with E-state index < -0.39 is 5.82 Å². The molecule has 6 nitrogen and oxygen atoms in total. The molecule has 0 aliphatic rings. The van der Waals surface area contributed by atoms with Crippen molar-refractivity contribution in [3.8, 4) is 11.5 Å². The summed E-state index contributed by atoms with van der Waals surface area (Å²) in [5.74, 6) is -0.210. The molecule has 0 fully saturated rings. The summed E-state index contributed by atoms with van der Waals surface area (Å²) in [4.78, 5) is 7.69. The lowest BCUT2D eigenvalue weighted by atomic mass is 10.2. The molecule has 0 atom stereocenters. The van der Waals surface area contributed by atoms with Gasteiger partial charge in [-0.2, -0.15) is 0 Å². The summed E-state index contributed by atoms with van der Waals surface area (Å²) in [6, 6.07) is 1.55. The van der Waals surface area contributed by atoms with Crippen LogP contribution in [-0.4, -0.2) is 37.4 Å². The van der Waals surface area contributed by atoms with Gasteiger partial charge in [0.2, 0.25) is 0 Å². The van der Waals surface area contributed by atoms with Gasteiger partial charge in [-0.25, -0.2) is 14.4 Å². The molecule has 1 aromatic carbocycles. The average Bonchev–Trinajstić information content (AvgIpc) is 2.42. The maximum absolute atomic E-state index is 14.3.